The maximum atomic E-state index is 12.0. The molecule has 2 aromatic rings. The minimum atomic E-state index is -0.390. The fraction of sp³-hybridized carbons (Fsp3) is 0.412. The highest BCUT2D eigenvalue weighted by atomic mass is 16.5. The number of nitrogens with zero attached hydrogens (tertiary/aromatic N) is 2. The van der Waals surface area contributed by atoms with Crippen LogP contribution < -0.4 is 11.1 Å². The lowest BCUT2D eigenvalue weighted by atomic mass is 9.93. The van der Waals surface area contributed by atoms with Crippen LogP contribution in [0.15, 0.2) is 36.5 Å². The molecule has 6 heteroatoms. The van der Waals surface area contributed by atoms with Gasteiger partial charge in [-0.15, -0.1) is 0 Å². The van der Waals surface area contributed by atoms with Gasteiger partial charge in [-0.1, -0.05) is 30.3 Å². The molecule has 1 heterocycles. The molecule has 0 fully saturated rings. The first-order chi connectivity index (χ1) is 11.3. The molecule has 1 atom stereocenters. The molecule has 1 aromatic heterocycles. The molecule has 122 valence electrons. The van der Waals surface area contributed by atoms with E-state index in [0.29, 0.717) is 13.1 Å². The number of ether oxygens (including phenoxy) is 1. The van der Waals surface area contributed by atoms with Crippen LogP contribution in [0, 0.1) is 0 Å². The van der Waals surface area contributed by atoms with Crippen molar-refractivity contribution in [3.63, 3.8) is 0 Å². The van der Waals surface area contributed by atoms with Crippen molar-refractivity contribution in [2.24, 2.45) is 5.73 Å². The lowest BCUT2D eigenvalue weighted by molar-refractivity contribution is 0.134. The van der Waals surface area contributed by atoms with Gasteiger partial charge in [0.05, 0.1) is 18.8 Å². The molecule has 6 nitrogen and oxygen atoms in total. The summed E-state index contributed by atoms with van der Waals surface area (Å²) in [6.45, 7) is 1.55. The number of aromatic nitrogens is 2. The van der Waals surface area contributed by atoms with Crippen molar-refractivity contribution in [3.8, 4) is 0 Å². The maximum Gasteiger partial charge on any atom is 0.407 e. The molecule has 1 aromatic carbocycles. The number of rotatable bonds is 5. The molecule has 3 N–H and O–H groups in total. The number of nitrogens with one attached hydrogen (secondary N) is 1. The molecular formula is C17H22N4O2. The van der Waals surface area contributed by atoms with Gasteiger partial charge < -0.3 is 15.8 Å². The number of hydrogen-bond acceptors (Lipinski definition) is 4. The Balaban J connectivity index is 1.59. The number of alkyl carbamates (subject to hydrolysis) is 1. The number of carbonyl (C=O) groups excluding carboxylic acids is 1. The molecule has 0 saturated heterocycles. The summed E-state index contributed by atoms with van der Waals surface area (Å²) in [5.74, 6) is 0. The van der Waals surface area contributed by atoms with Gasteiger partial charge in [-0.3, -0.25) is 4.68 Å². The quantitative estimate of drug-likeness (QED) is 0.886. The average Bonchev–Trinajstić information content (AvgIpc) is 2.99. The molecule has 1 aliphatic carbocycles. The smallest absolute Gasteiger partial charge is 0.407 e. The average molecular weight is 314 g/mol. The van der Waals surface area contributed by atoms with Gasteiger partial charge in [0.25, 0.3) is 0 Å². The predicted octanol–water partition coefficient (Wildman–Crippen LogP) is 2.15. The van der Waals surface area contributed by atoms with Crippen molar-refractivity contribution < 1.29 is 9.53 Å². The molecule has 23 heavy (non-hydrogen) atoms. The molecule has 3 rings (SSSR count). The molecule has 0 aliphatic heterocycles. The van der Waals surface area contributed by atoms with E-state index in [1.807, 2.05) is 41.2 Å². The lowest BCUT2D eigenvalue weighted by Crippen LogP contribution is -2.31. The molecule has 0 bridgehead atoms. The number of benzene rings is 1. The van der Waals surface area contributed by atoms with Gasteiger partial charge in [-0.05, 0) is 24.8 Å². The summed E-state index contributed by atoms with van der Waals surface area (Å²) >= 11 is 0. The van der Waals surface area contributed by atoms with E-state index in [9.17, 15) is 4.79 Å². The van der Waals surface area contributed by atoms with Crippen LogP contribution in [0.1, 0.15) is 35.7 Å². The molecule has 0 saturated carbocycles. The third kappa shape index (κ3) is 3.71. The molecule has 1 aliphatic rings. The monoisotopic (exact) mass is 314 g/mol. The first-order valence-electron chi connectivity index (χ1n) is 8.00. The van der Waals surface area contributed by atoms with E-state index < -0.39 is 6.09 Å². The molecular weight excluding hydrogens is 292 g/mol. The summed E-state index contributed by atoms with van der Waals surface area (Å²) in [6, 6.07) is 9.62. The van der Waals surface area contributed by atoms with E-state index in [4.69, 9.17) is 10.5 Å². The topological polar surface area (TPSA) is 82.2 Å². The van der Waals surface area contributed by atoms with Gasteiger partial charge in [0, 0.05) is 17.8 Å². The minimum Gasteiger partial charge on any atom is -0.445 e. The van der Waals surface area contributed by atoms with Crippen LogP contribution in [0.3, 0.4) is 0 Å². The van der Waals surface area contributed by atoms with Crippen molar-refractivity contribution in [1.82, 2.24) is 15.1 Å². The Bertz CT molecular complexity index is 654. The second kappa shape index (κ2) is 7.28. The van der Waals surface area contributed by atoms with E-state index in [-0.39, 0.29) is 12.6 Å². The van der Waals surface area contributed by atoms with Gasteiger partial charge >= 0.3 is 6.09 Å². The Kier molecular flexibility index (Phi) is 4.92. The van der Waals surface area contributed by atoms with Gasteiger partial charge in [0.15, 0.2) is 0 Å². The van der Waals surface area contributed by atoms with Crippen molar-refractivity contribution >= 4 is 6.09 Å². The number of fused-ring (bicyclic) bond motifs is 1. The Hall–Kier alpha value is -2.34. The van der Waals surface area contributed by atoms with Crippen LogP contribution in [-0.2, 0) is 24.3 Å². The molecule has 0 spiro atoms. The van der Waals surface area contributed by atoms with Crippen molar-refractivity contribution in [2.45, 2.75) is 38.5 Å². The standard InChI is InChI=1S/C17H22N4O2/c18-9-10-21-16-8-4-7-15(14(16)11-19-21)20-17(22)23-12-13-5-2-1-3-6-13/h1-3,5-6,11,15H,4,7-10,12,18H2,(H,20,22)/t15-/m1/s1. The van der Waals surface area contributed by atoms with Crippen LogP contribution >= 0.6 is 0 Å². The molecule has 0 radical (unpaired) electrons. The predicted molar refractivity (Wildman–Crippen MR) is 86.7 cm³/mol. The van der Waals surface area contributed by atoms with Crippen molar-refractivity contribution in [1.29, 1.82) is 0 Å². The number of carbonyl (C=O) groups is 1. The highest BCUT2D eigenvalue weighted by molar-refractivity contribution is 5.68. The Labute approximate surface area is 135 Å². The summed E-state index contributed by atoms with van der Waals surface area (Å²) in [7, 11) is 0. The SMILES string of the molecule is NCCn1ncc2c1CCC[C@H]2NC(=O)OCc1ccccc1. The maximum absolute atomic E-state index is 12.0. The number of nitrogens with two attached hydrogens (primary N) is 1. The van der Waals surface area contributed by atoms with Gasteiger partial charge in [-0.2, -0.15) is 5.10 Å². The zero-order chi connectivity index (χ0) is 16.1. The zero-order valence-corrected chi connectivity index (χ0v) is 13.1. The van der Waals surface area contributed by atoms with Crippen LogP contribution in [0.4, 0.5) is 4.79 Å². The summed E-state index contributed by atoms with van der Waals surface area (Å²) < 4.78 is 7.25. The highest BCUT2D eigenvalue weighted by Gasteiger charge is 2.25. The van der Waals surface area contributed by atoms with Crippen LogP contribution in [0.5, 0.6) is 0 Å². The van der Waals surface area contributed by atoms with Crippen LogP contribution in [0.25, 0.3) is 0 Å². The largest absolute Gasteiger partial charge is 0.445 e. The van der Waals surface area contributed by atoms with E-state index in [1.54, 1.807) is 0 Å². The van der Waals surface area contributed by atoms with E-state index in [2.05, 4.69) is 10.4 Å². The third-order valence-electron chi connectivity index (χ3n) is 4.11. The van der Waals surface area contributed by atoms with Gasteiger partial charge in [-0.25, -0.2) is 4.79 Å². The Morgan fingerprint density at radius 1 is 1.39 bits per heavy atom. The van der Waals surface area contributed by atoms with Gasteiger partial charge in [0.1, 0.15) is 6.61 Å². The van der Waals surface area contributed by atoms with Crippen LogP contribution in [0.2, 0.25) is 0 Å². The molecule has 1 amide bonds. The third-order valence-corrected chi connectivity index (χ3v) is 4.11. The second-order valence-corrected chi connectivity index (χ2v) is 5.71. The summed E-state index contributed by atoms with van der Waals surface area (Å²) in [6.07, 6.45) is 4.35. The van der Waals surface area contributed by atoms with Gasteiger partial charge in [0.2, 0.25) is 0 Å². The van der Waals surface area contributed by atoms with Crippen molar-refractivity contribution in [2.75, 3.05) is 6.54 Å². The molecule has 0 unspecified atom stereocenters. The minimum absolute atomic E-state index is 0.0338. The Morgan fingerprint density at radius 3 is 3.00 bits per heavy atom. The first-order valence-corrected chi connectivity index (χ1v) is 8.00. The number of hydrogen-bond donors (Lipinski definition) is 2. The first kappa shape index (κ1) is 15.6. The number of amides is 1. The fourth-order valence-corrected chi connectivity index (χ4v) is 2.99. The zero-order valence-electron chi connectivity index (χ0n) is 13.1. The van der Waals surface area contributed by atoms with Crippen molar-refractivity contribution in [3.05, 3.63) is 53.3 Å². The highest BCUT2D eigenvalue weighted by Crippen LogP contribution is 2.29. The summed E-state index contributed by atoms with van der Waals surface area (Å²) in [5.41, 5.74) is 8.85. The van der Waals surface area contributed by atoms with E-state index >= 15 is 0 Å². The summed E-state index contributed by atoms with van der Waals surface area (Å²) in [5, 5.41) is 7.34. The second-order valence-electron chi connectivity index (χ2n) is 5.71. The summed E-state index contributed by atoms with van der Waals surface area (Å²) in [4.78, 5) is 12.0. The van der Waals surface area contributed by atoms with Crippen LogP contribution in [-0.4, -0.2) is 22.4 Å². The Morgan fingerprint density at radius 2 is 2.22 bits per heavy atom. The lowest BCUT2D eigenvalue weighted by Gasteiger charge is -2.24. The van der Waals surface area contributed by atoms with E-state index in [0.717, 1.165) is 30.4 Å². The fourth-order valence-electron chi connectivity index (χ4n) is 2.99. The van der Waals surface area contributed by atoms with E-state index in [1.165, 1.54) is 5.69 Å². The normalized spacial score (nSPS) is 16.7.